The molecule has 1 aromatic carbocycles. The third kappa shape index (κ3) is 3.74. The molecule has 8 nitrogen and oxygen atoms in total. The maximum Gasteiger partial charge on any atom is 0.258 e. The van der Waals surface area contributed by atoms with Crippen molar-refractivity contribution in [2.45, 2.75) is 58.5 Å². The number of nitrogens with zero attached hydrogens (tertiary/aromatic N) is 5. The molecule has 156 valence electrons. The van der Waals surface area contributed by atoms with E-state index in [2.05, 4.69) is 33.5 Å². The molecule has 0 spiro atoms. The van der Waals surface area contributed by atoms with E-state index >= 15 is 0 Å². The first-order valence-corrected chi connectivity index (χ1v) is 10.4. The Labute approximate surface area is 171 Å². The van der Waals surface area contributed by atoms with Crippen LogP contribution in [0.15, 0.2) is 24.3 Å². The summed E-state index contributed by atoms with van der Waals surface area (Å²) in [6.07, 6.45) is 0.327. The van der Waals surface area contributed by atoms with Gasteiger partial charge in [0.25, 0.3) is 5.91 Å². The highest BCUT2D eigenvalue weighted by Crippen LogP contribution is 2.34. The van der Waals surface area contributed by atoms with Crippen molar-refractivity contribution < 1.29 is 14.6 Å². The van der Waals surface area contributed by atoms with E-state index in [1.54, 1.807) is 11.0 Å². The first kappa shape index (κ1) is 19.8. The van der Waals surface area contributed by atoms with E-state index in [1.807, 2.05) is 25.1 Å². The molecule has 2 aliphatic rings. The molecule has 0 saturated carbocycles. The molecule has 1 amide bonds. The minimum absolute atomic E-state index is 0.0510. The number of likely N-dealkylation sites (tertiary alicyclic amines) is 1. The zero-order valence-corrected chi connectivity index (χ0v) is 17.3. The largest absolute Gasteiger partial charge is 0.493 e. The molecule has 0 aliphatic carbocycles. The van der Waals surface area contributed by atoms with Gasteiger partial charge in [0.1, 0.15) is 5.75 Å². The van der Waals surface area contributed by atoms with E-state index < -0.39 is 0 Å². The number of aliphatic hydroxyl groups excluding tert-OH is 1. The van der Waals surface area contributed by atoms with Crippen LogP contribution >= 0.6 is 0 Å². The van der Waals surface area contributed by atoms with E-state index in [9.17, 15) is 9.90 Å². The van der Waals surface area contributed by atoms with Crippen LogP contribution in [0, 0.1) is 0 Å². The number of benzene rings is 1. The monoisotopic (exact) mass is 399 g/mol. The molecule has 0 radical (unpaired) electrons. The lowest BCUT2D eigenvalue weighted by Crippen LogP contribution is -2.40. The summed E-state index contributed by atoms with van der Waals surface area (Å²) in [4.78, 5) is 17.2. The van der Waals surface area contributed by atoms with E-state index in [0.717, 1.165) is 11.6 Å². The Kier molecular flexibility index (Phi) is 5.56. The molecular formula is C21H29N5O3. The topological polar surface area (TPSA) is 83.7 Å². The van der Waals surface area contributed by atoms with Gasteiger partial charge < -0.3 is 19.3 Å². The van der Waals surface area contributed by atoms with E-state index in [0.29, 0.717) is 56.6 Å². The van der Waals surface area contributed by atoms with Crippen LogP contribution in [0.25, 0.3) is 0 Å². The van der Waals surface area contributed by atoms with Crippen LogP contribution < -0.4 is 4.74 Å². The fourth-order valence-corrected chi connectivity index (χ4v) is 4.36. The summed E-state index contributed by atoms with van der Waals surface area (Å²) < 4.78 is 7.75. The molecule has 2 atom stereocenters. The number of β-amino-alcohol motifs (C(OH)–C–C–N with tert-alkyl or cyclic N) is 1. The maximum absolute atomic E-state index is 13.1. The number of aliphatic hydroxyl groups is 1. The van der Waals surface area contributed by atoms with Crippen LogP contribution in [-0.4, -0.2) is 67.4 Å². The van der Waals surface area contributed by atoms with Crippen LogP contribution in [0.2, 0.25) is 0 Å². The average Bonchev–Trinajstić information content (AvgIpc) is 3.30. The van der Waals surface area contributed by atoms with E-state index in [-0.39, 0.29) is 18.1 Å². The number of rotatable bonds is 5. The molecular weight excluding hydrogens is 370 g/mol. The molecule has 0 bridgehead atoms. The average molecular weight is 399 g/mol. The number of carbonyl (C=O) groups excluding carboxylic acids is 1. The van der Waals surface area contributed by atoms with Gasteiger partial charge in [-0.1, -0.05) is 12.1 Å². The Balaban J connectivity index is 1.54. The van der Waals surface area contributed by atoms with Crippen molar-refractivity contribution in [1.29, 1.82) is 0 Å². The predicted octanol–water partition coefficient (Wildman–Crippen LogP) is 1.85. The molecule has 1 saturated heterocycles. The molecule has 8 heteroatoms. The highest BCUT2D eigenvalue weighted by molar-refractivity contribution is 5.96. The van der Waals surface area contributed by atoms with Crippen molar-refractivity contribution in [3.8, 4) is 5.75 Å². The van der Waals surface area contributed by atoms with Crippen LogP contribution in [-0.2, 0) is 13.1 Å². The Bertz CT molecular complexity index is 881. The van der Waals surface area contributed by atoms with Gasteiger partial charge in [-0.05, 0) is 39.3 Å². The highest BCUT2D eigenvalue weighted by Gasteiger charge is 2.38. The van der Waals surface area contributed by atoms with Crippen LogP contribution in [0.3, 0.4) is 0 Å². The summed E-state index contributed by atoms with van der Waals surface area (Å²) in [6, 6.07) is 7.74. The summed E-state index contributed by atoms with van der Waals surface area (Å²) in [5.74, 6) is 2.25. The third-order valence-corrected chi connectivity index (χ3v) is 5.76. The van der Waals surface area contributed by atoms with Crippen molar-refractivity contribution >= 4 is 5.91 Å². The van der Waals surface area contributed by atoms with Crippen LogP contribution in [0.1, 0.15) is 55.2 Å². The third-order valence-electron chi connectivity index (χ3n) is 5.76. The van der Waals surface area contributed by atoms with Crippen molar-refractivity contribution in [3.63, 3.8) is 0 Å². The van der Waals surface area contributed by atoms with Gasteiger partial charge in [-0.2, -0.15) is 0 Å². The summed E-state index contributed by atoms with van der Waals surface area (Å²) in [7, 11) is 0. The second-order valence-corrected chi connectivity index (χ2v) is 7.98. The number of ether oxygens (including phenoxy) is 1. The molecule has 3 heterocycles. The predicted molar refractivity (Wildman–Crippen MR) is 108 cm³/mol. The quantitative estimate of drug-likeness (QED) is 0.826. The van der Waals surface area contributed by atoms with Gasteiger partial charge in [-0.15, -0.1) is 10.2 Å². The van der Waals surface area contributed by atoms with Gasteiger partial charge >= 0.3 is 0 Å². The lowest BCUT2D eigenvalue weighted by Gasteiger charge is -2.31. The molecule has 29 heavy (non-hydrogen) atoms. The van der Waals surface area contributed by atoms with Gasteiger partial charge in [0.2, 0.25) is 0 Å². The summed E-state index contributed by atoms with van der Waals surface area (Å²) in [5, 5.41) is 19.0. The van der Waals surface area contributed by atoms with Crippen molar-refractivity contribution in [3.05, 3.63) is 41.5 Å². The van der Waals surface area contributed by atoms with Gasteiger partial charge in [0, 0.05) is 25.7 Å². The Morgan fingerprint density at radius 3 is 2.83 bits per heavy atom. The first-order chi connectivity index (χ1) is 14.0. The summed E-state index contributed by atoms with van der Waals surface area (Å²) >= 11 is 0. The lowest BCUT2D eigenvalue weighted by molar-refractivity contribution is 0.0700. The SMILES string of the molecule is CCOc1ccccc1C(=O)N1CCn2c(nnc2[C@@H]2C[C@H](O)CN2C(C)C)C1. The first-order valence-electron chi connectivity index (χ1n) is 10.4. The molecule has 1 aromatic heterocycles. The molecule has 1 N–H and O–H groups in total. The van der Waals surface area contributed by atoms with Crippen molar-refractivity contribution in [1.82, 2.24) is 24.6 Å². The zero-order valence-electron chi connectivity index (χ0n) is 17.3. The number of carbonyl (C=O) groups is 1. The fourth-order valence-electron chi connectivity index (χ4n) is 4.36. The number of fused-ring (bicyclic) bond motifs is 1. The van der Waals surface area contributed by atoms with Crippen molar-refractivity contribution in [2.75, 3.05) is 19.7 Å². The standard InChI is InChI=1S/C21H29N5O3/c1-4-29-18-8-6-5-7-16(18)21(28)24-9-10-25-19(13-24)22-23-20(25)17-11-15(27)12-26(17)14(2)3/h5-8,14-15,17,27H,4,9-13H2,1-3H3/t15-,17-/m0/s1. The Hall–Kier alpha value is -2.45. The number of hydrogen-bond acceptors (Lipinski definition) is 6. The molecule has 1 fully saturated rings. The van der Waals surface area contributed by atoms with E-state index in [1.165, 1.54) is 0 Å². The number of hydrogen-bond donors (Lipinski definition) is 1. The minimum Gasteiger partial charge on any atom is -0.493 e. The molecule has 0 unspecified atom stereocenters. The van der Waals surface area contributed by atoms with Gasteiger partial charge in [-0.25, -0.2) is 0 Å². The lowest BCUT2D eigenvalue weighted by atomic mass is 10.1. The van der Waals surface area contributed by atoms with Crippen molar-refractivity contribution in [2.24, 2.45) is 0 Å². The second kappa shape index (κ2) is 8.12. The van der Waals surface area contributed by atoms with Crippen LogP contribution in [0.5, 0.6) is 5.75 Å². The summed E-state index contributed by atoms with van der Waals surface area (Å²) in [5.41, 5.74) is 0.576. The molecule has 2 aliphatic heterocycles. The maximum atomic E-state index is 13.1. The molecule has 4 rings (SSSR count). The smallest absolute Gasteiger partial charge is 0.258 e. The van der Waals surface area contributed by atoms with Gasteiger partial charge in [0.05, 0.1) is 30.9 Å². The minimum atomic E-state index is -0.341. The fraction of sp³-hybridized carbons (Fsp3) is 0.571. The van der Waals surface area contributed by atoms with Gasteiger partial charge in [0.15, 0.2) is 11.6 Å². The van der Waals surface area contributed by atoms with Crippen LogP contribution in [0.4, 0.5) is 0 Å². The Morgan fingerprint density at radius 2 is 2.07 bits per heavy atom. The normalized spacial score (nSPS) is 22.2. The van der Waals surface area contributed by atoms with E-state index in [4.69, 9.17) is 4.74 Å². The zero-order chi connectivity index (χ0) is 20.5. The number of aromatic nitrogens is 3. The van der Waals surface area contributed by atoms with Gasteiger partial charge in [-0.3, -0.25) is 9.69 Å². The Morgan fingerprint density at radius 1 is 1.28 bits per heavy atom. The number of para-hydroxylation sites is 1. The second-order valence-electron chi connectivity index (χ2n) is 7.98. The summed E-state index contributed by atoms with van der Waals surface area (Å²) in [6.45, 7) is 9.01. The molecule has 2 aromatic rings. The number of amides is 1. The highest BCUT2D eigenvalue weighted by atomic mass is 16.5.